The number of nitrogens with zero attached hydrogens (tertiary/aromatic N) is 3. The van der Waals surface area contributed by atoms with Crippen molar-refractivity contribution in [2.75, 3.05) is 22.6 Å². The van der Waals surface area contributed by atoms with Crippen LogP contribution >= 0.6 is 0 Å². The van der Waals surface area contributed by atoms with Crippen molar-refractivity contribution in [2.24, 2.45) is 7.05 Å². The maximum atomic E-state index is 14.1. The van der Waals surface area contributed by atoms with Gasteiger partial charge in [0, 0.05) is 7.05 Å². The molecule has 0 radical (unpaired) electrons. The van der Waals surface area contributed by atoms with Crippen LogP contribution in [0.5, 0.6) is 0 Å². The quantitative estimate of drug-likeness (QED) is 0.305. The molecule has 2 aliphatic rings. The standard InChI is InChI=1S/C30H25N5O5/c1-18-25(27(37)35(33(18)2)20-14-8-5-9-15-20)34-28(38)26(36)23-24(19-12-6-4-7-13-19)31-21-16-10-11-17-22(21)32-30(23,34)29(39)40-3/h4-17,31-32H,1-3H3. The van der Waals surface area contributed by atoms with Crippen LogP contribution in [0, 0.1) is 6.92 Å². The van der Waals surface area contributed by atoms with E-state index in [4.69, 9.17) is 4.74 Å². The van der Waals surface area contributed by atoms with Crippen LogP contribution in [-0.2, 0) is 26.2 Å². The number of methoxy groups -OCH3 is 1. The molecule has 0 spiro atoms. The minimum Gasteiger partial charge on any atom is -0.466 e. The first-order valence-electron chi connectivity index (χ1n) is 12.6. The zero-order valence-electron chi connectivity index (χ0n) is 22.0. The number of hydrogen-bond acceptors (Lipinski definition) is 7. The molecule has 200 valence electrons. The van der Waals surface area contributed by atoms with Crippen molar-refractivity contribution in [2.45, 2.75) is 12.6 Å². The maximum absolute atomic E-state index is 14.1. The summed E-state index contributed by atoms with van der Waals surface area (Å²) in [6, 6.07) is 24.9. The summed E-state index contributed by atoms with van der Waals surface area (Å²) >= 11 is 0. The third-order valence-electron chi connectivity index (χ3n) is 7.36. The summed E-state index contributed by atoms with van der Waals surface area (Å²) in [5.74, 6) is -2.90. The average molecular weight is 536 g/mol. The fourth-order valence-corrected chi connectivity index (χ4v) is 5.44. The molecule has 0 aliphatic carbocycles. The Morgan fingerprint density at radius 3 is 2.10 bits per heavy atom. The fourth-order valence-electron chi connectivity index (χ4n) is 5.44. The minimum atomic E-state index is -2.19. The van der Waals surface area contributed by atoms with Gasteiger partial charge in [0.15, 0.2) is 0 Å². The van der Waals surface area contributed by atoms with Crippen LogP contribution in [-0.4, -0.2) is 39.8 Å². The van der Waals surface area contributed by atoms with Crippen molar-refractivity contribution < 1.29 is 19.1 Å². The number of amides is 1. The Morgan fingerprint density at radius 2 is 1.45 bits per heavy atom. The molecular formula is C30H25N5O5. The number of esters is 1. The van der Waals surface area contributed by atoms with Gasteiger partial charge in [0.1, 0.15) is 5.69 Å². The van der Waals surface area contributed by atoms with Gasteiger partial charge in [-0.15, -0.1) is 0 Å². The number of ketones is 1. The first kappa shape index (κ1) is 24.9. The van der Waals surface area contributed by atoms with Crippen molar-refractivity contribution in [3.63, 3.8) is 0 Å². The molecule has 40 heavy (non-hydrogen) atoms. The Morgan fingerprint density at radius 1 is 0.850 bits per heavy atom. The molecule has 1 atom stereocenters. The van der Waals surface area contributed by atoms with E-state index in [0.29, 0.717) is 28.3 Å². The third kappa shape index (κ3) is 3.35. The number of Topliss-reactive ketones (excluding diaryl/α,β-unsaturated/α-hetero) is 1. The number of ether oxygens (including phenoxy) is 1. The Kier molecular flexibility index (Phi) is 5.69. The lowest BCUT2D eigenvalue weighted by atomic mass is 9.93. The molecule has 1 amide bonds. The van der Waals surface area contributed by atoms with Gasteiger partial charge in [-0.1, -0.05) is 60.7 Å². The number of hydrogen-bond donors (Lipinski definition) is 2. The lowest BCUT2D eigenvalue weighted by Crippen LogP contribution is -2.60. The number of benzene rings is 3. The van der Waals surface area contributed by atoms with Crippen LogP contribution in [0.4, 0.5) is 17.1 Å². The van der Waals surface area contributed by atoms with E-state index in [1.807, 2.05) is 12.1 Å². The Balaban J connectivity index is 1.72. The predicted molar refractivity (Wildman–Crippen MR) is 150 cm³/mol. The second-order valence-electron chi connectivity index (χ2n) is 9.49. The molecule has 0 bridgehead atoms. The topological polar surface area (TPSA) is 115 Å². The minimum absolute atomic E-state index is 0.121. The molecule has 1 aromatic heterocycles. The maximum Gasteiger partial charge on any atom is 0.358 e. The number of aromatic nitrogens is 2. The van der Waals surface area contributed by atoms with Crippen molar-refractivity contribution >= 4 is 40.4 Å². The van der Waals surface area contributed by atoms with Crippen LogP contribution in [0.15, 0.2) is 95.3 Å². The summed E-state index contributed by atoms with van der Waals surface area (Å²) in [5, 5.41) is 6.42. The van der Waals surface area contributed by atoms with E-state index in [1.54, 1.807) is 91.4 Å². The van der Waals surface area contributed by atoms with Crippen molar-refractivity contribution in [3.05, 3.63) is 112 Å². The van der Waals surface area contributed by atoms with E-state index < -0.39 is 28.9 Å². The number of carbonyl (C=O) groups is 3. The second kappa shape index (κ2) is 9.12. The summed E-state index contributed by atoms with van der Waals surface area (Å²) in [7, 11) is 2.85. The summed E-state index contributed by atoms with van der Waals surface area (Å²) in [6.45, 7) is 1.65. The highest BCUT2D eigenvalue weighted by atomic mass is 16.5. The molecular weight excluding hydrogens is 510 g/mol. The number of para-hydroxylation sites is 3. The SMILES string of the molecule is COC(=O)C12Nc3ccccc3NC(c3ccccc3)=C1C(=O)C(=O)N2c1c(C)n(C)n(-c2ccccc2)c1=O. The molecule has 4 aromatic rings. The first-order valence-corrected chi connectivity index (χ1v) is 12.6. The van der Waals surface area contributed by atoms with Gasteiger partial charge in [-0.3, -0.25) is 24.0 Å². The van der Waals surface area contributed by atoms with Gasteiger partial charge in [0.25, 0.3) is 17.0 Å². The molecule has 1 saturated heterocycles. The Hall–Kier alpha value is -5.38. The van der Waals surface area contributed by atoms with Crippen LogP contribution in [0.2, 0.25) is 0 Å². The van der Waals surface area contributed by atoms with Gasteiger partial charge in [-0.25, -0.2) is 9.48 Å². The highest BCUT2D eigenvalue weighted by molar-refractivity contribution is 6.55. The Bertz CT molecular complexity index is 1790. The number of fused-ring (bicyclic) bond motifs is 2. The van der Waals surface area contributed by atoms with E-state index in [0.717, 1.165) is 4.90 Å². The summed E-state index contributed by atoms with van der Waals surface area (Å²) < 4.78 is 8.24. The first-order chi connectivity index (χ1) is 19.3. The normalized spacial score (nSPS) is 18.0. The third-order valence-corrected chi connectivity index (χ3v) is 7.36. The fraction of sp³-hybridized carbons (Fsp3) is 0.133. The molecule has 1 unspecified atom stereocenters. The van der Waals surface area contributed by atoms with Crippen molar-refractivity contribution in [1.82, 2.24) is 9.36 Å². The Labute approximate surface area is 229 Å². The highest BCUT2D eigenvalue weighted by Gasteiger charge is 2.65. The number of rotatable bonds is 4. The summed E-state index contributed by atoms with van der Waals surface area (Å²) in [5.41, 5.74) is -0.313. The zero-order chi connectivity index (χ0) is 28.2. The zero-order valence-corrected chi connectivity index (χ0v) is 22.0. The predicted octanol–water partition coefficient (Wildman–Crippen LogP) is 3.22. The van der Waals surface area contributed by atoms with E-state index >= 15 is 0 Å². The average Bonchev–Trinajstić information content (AvgIpc) is 3.24. The van der Waals surface area contributed by atoms with Gasteiger partial charge >= 0.3 is 11.9 Å². The molecule has 6 rings (SSSR count). The number of anilines is 3. The van der Waals surface area contributed by atoms with Crippen molar-refractivity contribution in [3.8, 4) is 5.69 Å². The molecule has 3 aromatic carbocycles. The largest absolute Gasteiger partial charge is 0.466 e. The number of nitrogens with one attached hydrogen (secondary N) is 2. The number of carbonyl (C=O) groups excluding carboxylic acids is 3. The summed E-state index contributed by atoms with van der Waals surface area (Å²) in [6.07, 6.45) is 0. The molecule has 10 nitrogen and oxygen atoms in total. The van der Waals surface area contributed by atoms with Crippen LogP contribution in [0.1, 0.15) is 11.3 Å². The summed E-state index contributed by atoms with van der Waals surface area (Å²) in [4.78, 5) is 56.9. The van der Waals surface area contributed by atoms with Gasteiger partial charge in [-0.2, -0.15) is 0 Å². The molecule has 0 saturated carbocycles. The van der Waals surface area contributed by atoms with Crippen LogP contribution in [0.25, 0.3) is 11.4 Å². The highest BCUT2D eigenvalue weighted by Crippen LogP contribution is 2.46. The van der Waals surface area contributed by atoms with E-state index in [1.165, 1.54) is 11.8 Å². The lowest BCUT2D eigenvalue weighted by molar-refractivity contribution is -0.145. The van der Waals surface area contributed by atoms with E-state index in [2.05, 4.69) is 10.6 Å². The molecule has 3 heterocycles. The van der Waals surface area contributed by atoms with E-state index in [9.17, 15) is 19.2 Å². The second-order valence-corrected chi connectivity index (χ2v) is 9.49. The lowest BCUT2D eigenvalue weighted by Gasteiger charge is -2.36. The smallest absolute Gasteiger partial charge is 0.358 e. The molecule has 2 N–H and O–H groups in total. The monoisotopic (exact) mass is 535 g/mol. The molecule has 2 aliphatic heterocycles. The van der Waals surface area contributed by atoms with Crippen LogP contribution in [0.3, 0.4) is 0 Å². The molecule has 1 fully saturated rings. The van der Waals surface area contributed by atoms with E-state index in [-0.39, 0.29) is 17.0 Å². The molecule has 10 heteroatoms. The van der Waals surface area contributed by atoms with Gasteiger partial charge < -0.3 is 15.4 Å². The van der Waals surface area contributed by atoms with Crippen molar-refractivity contribution in [1.29, 1.82) is 0 Å². The van der Waals surface area contributed by atoms with Crippen LogP contribution < -0.4 is 21.1 Å². The van der Waals surface area contributed by atoms with Gasteiger partial charge in [-0.05, 0) is 36.8 Å². The van der Waals surface area contributed by atoms with Gasteiger partial charge in [0.2, 0.25) is 0 Å². The van der Waals surface area contributed by atoms with Gasteiger partial charge in [0.05, 0.1) is 41.1 Å².